The quantitative estimate of drug-likeness (QED) is 0.466. The van der Waals surface area contributed by atoms with Crippen LogP contribution in [0.3, 0.4) is 0 Å². The van der Waals surface area contributed by atoms with Crippen molar-refractivity contribution in [3.63, 3.8) is 0 Å². The van der Waals surface area contributed by atoms with Crippen molar-refractivity contribution in [3.8, 4) is 0 Å². The molecular weight excluding hydrogens is 152 g/mol. The summed E-state index contributed by atoms with van der Waals surface area (Å²) in [5.74, 6) is 0.784. The number of carbonyl (C=O) groups is 1. The van der Waals surface area contributed by atoms with Gasteiger partial charge in [0.25, 0.3) is 0 Å². The van der Waals surface area contributed by atoms with Gasteiger partial charge in [0.05, 0.1) is 0 Å². The molecule has 2 heteroatoms. The van der Waals surface area contributed by atoms with E-state index in [2.05, 4.69) is 6.92 Å². The molecule has 1 rings (SSSR count). The average Bonchev–Trinajstić information content (AvgIpc) is 2.00. The minimum atomic E-state index is -0.0881. The van der Waals surface area contributed by atoms with Gasteiger partial charge in [0.2, 0.25) is 0 Å². The van der Waals surface area contributed by atoms with Gasteiger partial charge in [-0.2, -0.15) is 0 Å². The highest BCUT2D eigenvalue weighted by Gasteiger charge is 2.20. The van der Waals surface area contributed by atoms with E-state index in [-0.39, 0.29) is 5.97 Å². The van der Waals surface area contributed by atoms with Crippen molar-refractivity contribution in [2.75, 3.05) is 0 Å². The van der Waals surface area contributed by atoms with E-state index in [0.717, 1.165) is 12.2 Å². The van der Waals surface area contributed by atoms with E-state index >= 15 is 0 Å². The second-order valence-electron chi connectivity index (χ2n) is 3.17. The summed E-state index contributed by atoms with van der Waals surface area (Å²) >= 11 is 0. The molecule has 0 aliphatic carbocycles. The fourth-order valence-corrected chi connectivity index (χ4v) is 1.23. The van der Waals surface area contributed by atoms with Crippen LogP contribution in [0.25, 0.3) is 0 Å². The number of carbonyl (C=O) groups excluding carboxylic acids is 1. The molecule has 0 saturated carbocycles. The molecule has 0 N–H and O–H groups in total. The molecule has 1 aliphatic heterocycles. The highest BCUT2D eigenvalue weighted by Crippen LogP contribution is 2.18. The Kier molecular flexibility index (Phi) is 3.85. The summed E-state index contributed by atoms with van der Waals surface area (Å²) in [7, 11) is 0. The van der Waals surface area contributed by atoms with Crippen LogP contribution in [0.1, 0.15) is 45.4 Å². The van der Waals surface area contributed by atoms with E-state index in [0.29, 0.717) is 6.42 Å². The Hall–Kier alpha value is -0.790. The maximum atomic E-state index is 10.4. The fourth-order valence-electron chi connectivity index (χ4n) is 1.23. The molecule has 0 atom stereocenters. The number of ether oxygens (including phenoxy) is 1. The largest absolute Gasteiger partial charge is 0.430 e. The Morgan fingerprint density at radius 3 is 2.75 bits per heavy atom. The summed E-state index contributed by atoms with van der Waals surface area (Å²) in [5.41, 5.74) is 0. The first-order valence-corrected chi connectivity index (χ1v) is 4.72. The highest BCUT2D eigenvalue weighted by molar-refractivity contribution is 5.79. The van der Waals surface area contributed by atoms with Gasteiger partial charge in [-0.05, 0) is 18.9 Å². The van der Waals surface area contributed by atoms with E-state index in [1.165, 1.54) is 25.7 Å². The van der Waals surface area contributed by atoms with Crippen LogP contribution in [0.5, 0.6) is 0 Å². The number of unbranched alkanes of at least 4 members (excludes halogenated alkanes) is 4. The van der Waals surface area contributed by atoms with Crippen LogP contribution >= 0.6 is 0 Å². The standard InChI is InChI=1S/C10H16O2/c1-2-3-4-5-6-7-9-8-10(11)12-9/h7H,2-6,8H2,1H3. The molecule has 1 saturated heterocycles. The number of esters is 1. The molecule has 1 aliphatic rings. The Morgan fingerprint density at radius 1 is 1.42 bits per heavy atom. The van der Waals surface area contributed by atoms with Crippen LogP contribution in [-0.4, -0.2) is 5.97 Å². The van der Waals surface area contributed by atoms with E-state index in [1.807, 2.05) is 6.08 Å². The number of rotatable bonds is 5. The predicted octanol–water partition coefficient (Wildman–Crippen LogP) is 2.79. The summed E-state index contributed by atoms with van der Waals surface area (Å²) in [4.78, 5) is 10.4. The SMILES string of the molecule is CCCCCCC=C1CC(=O)O1. The number of hydrogen-bond donors (Lipinski definition) is 0. The normalized spacial score (nSPS) is 19.1. The van der Waals surface area contributed by atoms with Crippen LogP contribution in [0.2, 0.25) is 0 Å². The first kappa shape index (κ1) is 9.30. The van der Waals surface area contributed by atoms with E-state index in [1.54, 1.807) is 0 Å². The van der Waals surface area contributed by atoms with E-state index in [4.69, 9.17) is 4.74 Å². The molecule has 2 nitrogen and oxygen atoms in total. The predicted molar refractivity (Wildman–Crippen MR) is 47.6 cm³/mol. The molecule has 0 amide bonds. The van der Waals surface area contributed by atoms with Gasteiger partial charge in [-0.15, -0.1) is 0 Å². The van der Waals surface area contributed by atoms with Gasteiger partial charge in [0, 0.05) is 0 Å². The zero-order valence-electron chi connectivity index (χ0n) is 7.64. The van der Waals surface area contributed by atoms with Gasteiger partial charge < -0.3 is 4.74 Å². The zero-order valence-corrected chi connectivity index (χ0v) is 7.64. The molecule has 68 valence electrons. The van der Waals surface area contributed by atoms with Crippen molar-refractivity contribution >= 4 is 5.97 Å². The van der Waals surface area contributed by atoms with Crippen molar-refractivity contribution in [2.45, 2.75) is 45.4 Å². The fraction of sp³-hybridized carbons (Fsp3) is 0.700. The van der Waals surface area contributed by atoms with Crippen LogP contribution < -0.4 is 0 Å². The molecule has 0 aromatic heterocycles. The second-order valence-corrected chi connectivity index (χ2v) is 3.17. The maximum Gasteiger partial charge on any atom is 0.318 e. The summed E-state index contributed by atoms with van der Waals surface area (Å²) in [6.07, 6.45) is 8.70. The van der Waals surface area contributed by atoms with E-state index < -0.39 is 0 Å². The lowest BCUT2D eigenvalue weighted by Crippen LogP contribution is -2.17. The second kappa shape index (κ2) is 4.96. The molecule has 0 bridgehead atoms. The van der Waals surface area contributed by atoms with Gasteiger partial charge in [-0.1, -0.05) is 26.2 Å². The monoisotopic (exact) mass is 168 g/mol. The minimum absolute atomic E-state index is 0.0881. The Morgan fingerprint density at radius 2 is 2.17 bits per heavy atom. The van der Waals surface area contributed by atoms with Crippen LogP contribution in [-0.2, 0) is 9.53 Å². The van der Waals surface area contributed by atoms with Gasteiger partial charge in [-0.3, -0.25) is 4.79 Å². The summed E-state index contributed by atoms with van der Waals surface area (Å²) < 4.78 is 4.77. The average molecular weight is 168 g/mol. The lowest BCUT2D eigenvalue weighted by Gasteiger charge is -2.15. The molecule has 1 heterocycles. The lowest BCUT2D eigenvalue weighted by molar-refractivity contribution is -0.148. The molecule has 12 heavy (non-hydrogen) atoms. The van der Waals surface area contributed by atoms with Crippen LogP contribution in [0, 0.1) is 0 Å². The minimum Gasteiger partial charge on any atom is -0.430 e. The molecule has 0 aromatic carbocycles. The molecule has 0 spiro atoms. The Labute approximate surface area is 73.6 Å². The zero-order chi connectivity index (χ0) is 8.81. The van der Waals surface area contributed by atoms with Crippen molar-refractivity contribution < 1.29 is 9.53 Å². The molecule has 1 fully saturated rings. The Balaban J connectivity index is 1.95. The van der Waals surface area contributed by atoms with Crippen molar-refractivity contribution in [1.82, 2.24) is 0 Å². The van der Waals surface area contributed by atoms with Gasteiger partial charge in [0.15, 0.2) is 0 Å². The maximum absolute atomic E-state index is 10.4. The first-order valence-electron chi connectivity index (χ1n) is 4.72. The number of cyclic esters (lactones) is 1. The number of allylic oxidation sites excluding steroid dienone is 1. The molecular formula is C10H16O2. The number of hydrogen-bond acceptors (Lipinski definition) is 2. The molecule has 0 aromatic rings. The molecule has 0 unspecified atom stereocenters. The van der Waals surface area contributed by atoms with Crippen LogP contribution in [0.15, 0.2) is 11.8 Å². The summed E-state index contributed by atoms with van der Waals surface area (Å²) in [6, 6.07) is 0. The van der Waals surface area contributed by atoms with Gasteiger partial charge in [-0.25, -0.2) is 0 Å². The third-order valence-corrected chi connectivity index (χ3v) is 1.99. The van der Waals surface area contributed by atoms with Gasteiger partial charge >= 0.3 is 5.97 Å². The third kappa shape index (κ3) is 3.07. The smallest absolute Gasteiger partial charge is 0.318 e. The highest BCUT2D eigenvalue weighted by atomic mass is 16.6. The van der Waals surface area contributed by atoms with Crippen molar-refractivity contribution in [2.24, 2.45) is 0 Å². The lowest BCUT2D eigenvalue weighted by atomic mass is 10.1. The van der Waals surface area contributed by atoms with Gasteiger partial charge in [0.1, 0.15) is 12.2 Å². The summed E-state index contributed by atoms with van der Waals surface area (Å²) in [6.45, 7) is 2.20. The first-order chi connectivity index (χ1) is 5.83. The summed E-state index contributed by atoms with van der Waals surface area (Å²) in [5, 5.41) is 0. The Bertz CT molecular complexity index is 172. The molecule has 0 radical (unpaired) electrons. The van der Waals surface area contributed by atoms with Crippen molar-refractivity contribution in [1.29, 1.82) is 0 Å². The van der Waals surface area contributed by atoms with Crippen LogP contribution in [0.4, 0.5) is 0 Å². The third-order valence-electron chi connectivity index (χ3n) is 1.99. The van der Waals surface area contributed by atoms with E-state index in [9.17, 15) is 4.79 Å². The topological polar surface area (TPSA) is 26.3 Å². The van der Waals surface area contributed by atoms with Crippen molar-refractivity contribution in [3.05, 3.63) is 11.8 Å².